The molecule has 4 N–H and O–H groups in total. The number of esters is 1. The predicted molar refractivity (Wildman–Crippen MR) is 149 cm³/mol. The number of nitrogens with two attached hydrogens (primary N) is 1. The van der Waals surface area contributed by atoms with E-state index in [2.05, 4.69) is 4.72 Å². The molecule has 1 aliphatic heterocycles. The van der Waals surface area contributed by atoms with Gasteiger partial charge in [0.05, 0.1) is 37.4 Å². The quantitative estimate of drug-likeness (QED) is 0.199. The molecule has 3 aromatic carbocycles. The first-order chi connectivity index (χ1) is 18.5. The number of carbonyl (C=O) groups excluding carboxylic acids is 2. The second-order valence-corrected chi connectivity index (χ2v) is 11.1. The molecule has 1 saturated heterocycles. The Hall–Kier alpha value is -4.38. The summed E-state index contributed by atoms with van der Waals surface area (Å²) in [4.78, 5) is 26.8. The third kappa shape index (κ3) is 6.94. The number of benzene rings is 3. The molecule has 1 fully saturated rings. The van der Waals surface area contributed by atoms with Gasteiger partial charge in [0.2, 0.25) is 15.9 Å². The van der Waals surface area contributed by atoms with Gasteiger partial charge >= 0.3 is 5.97 Å². The van der Waals surface area contributed by atoms with Gasteiger partial charge < -0.3 is 20.1 Å². The maximum atomic E-state index is 13.3. The van der Waals surface area contributed by atoms with Crippen LogP contribution in [0.2, 0.25) is 0 Å². The number of anilines is 2. The van der Waals surface area contributed by atoms with Crippen LogP contribution in [0.3, 0.4) is 0 Å². The molecule has 0 aliphatic carbocycles. The zero-order valence-electron chi connectivity index (χ0n) is 21.6. The average molecular weight is 551 g/mol. The molecular formula is C28H30N4O6S. The second kappa shape index (κ2) is 11.6. The molecule has 4 rings (SSSR count). The van der Waals surface area contributed by atoms with Gasteiger partial charge in [-0.15, -0.1) is 0 Å². The summed E-state index contributed by atoms with van der Waals surface area (Å²) < 4.78 is 36.7. The van der Waals surface area contributed by atoms with Crippen molar-refractivity contribution in [2.24, 2.45) is 11.7 Å². The number of ether oxygens (including phenoxy) is 2. The van der Waals surface area contributed by atoms with E-state index in [0.717, 1.165) is 17.4 Å². The van der Waals surface area contributed by atoms with Crippen LogP contribution in [0.5, 0.6) is 5.75 Å². The van der Waals surface area contributed by atoms with Crippen molar-refractivity contribution < 1.29 is 27.5 Å². The number of carbonyl (C=O) groups is 2. The molecule has 0 radical (unpaired) electrons. The summed E-state index contributed by atoms with van der Waals surface area (Å²) >= 11 is 0. The lowest BCUT2D eigenvalue weighted by atomic mass is 10.0. The molecule has 0 spiro atoms. The molecule has 204 valence electrons. The van der Waals surface area contributed by atoms with E-state index in [9.17, 15) is 18.0 Å². The van der Waals surface area contributed by atoms with Crippen molar-refractivity contribution in [3.63, 3.8) is 0 Å². The summed E-state index contributed by atoms with van der Waals surface area (Å²) in [6.07, 6.45) is 1.37. The van der Waals surface area contributed by atoms with Crippen LogP contribution in [0, 0.1) is 11.3 Å². The fourth-order valence-electron chi connectivity index (χ4n) is 4.56. The maximum absolute atomic E-state index is 13.3. The van der Waals surface area contributed by atoms with Gasteiger partial charge in [0.1, 0.15) is 18.2 Å². The number of nitrogens with one attached hydrogen (secondary N) is 2. The highest BCUT2D eigenvalue weighted by molar-refractivity contribution is 7.92. The largest absolute Gasteiger partial charge is 0.491 e. The summed E-state index contributed by atoms with van der Waals surface area (Å²) in [5.74, 6) is -0.700. The standard InChI is InChI=1S/C28H30N4O6S/c1-37-26(33)15-21-14-24(32(28(21)34)23-5-3-4-22(16-23)31-39(2,35)36)17-38-25-12-10-19(11-13-25)18-6-8-20(9-7-18)27(29)30/h3-13,16,21,24,31H,14-15,17H2,1-2H3,(H3,29,30)/t21-,24-/m0/s1. The lowest BCUT2D eigenvalue weighted by Crippen LogP contribution is -2.37. The van der Waals surface area contributed by atoms with Crippen LogP contribution in [0.15, 0.2) is 72.8 Å². The Kier molecular flexibility index (Phi) is 8.20. The zero-order chi connectivity index (χ0) is 28.2. The predicted octanol–water partition coefficient (Wildman–Crippen LogP) is 3.37. The van der Waals surface area contributed by atoms with Gasteiger partial charge in [-0.25, -0.2) is 8.42 Å². The highest BCUT2D eigenvalue weighted by Crippen LogP contribution is 2.34. The van der Waals surface area contributed by atoms with Crippen LogP contribution in [0.1, 0.15) is 18.4 Å². The minimum atomic E-state index is -3.50. The van der Waals surface area contributed by atoms with Crippen LogP contribution in [-0.4, -0.2) is 52.1 Å². The molecule has 0 aromatic heterocycles. The number of hydrogen-bond donors (Lipinski definition) is 3. The summed E-state index contributed by atoms with van der Waals surface area (Å²) in [6.45, 7) is 0.166. The molecule has 0 bridgehead atoms. The number of nitrogens with zero attached hydrogens (tertiary/aromatic N) is 1. The first kappa shape index (κ1) is 27.6. The van der Waals surface area contributed by atoms with Crippen LogP contribution >= 0.6 is 0 Å². The number of nitrogen functional groups attached to an aromatic ring is 1. The van der Waals surface area contributed by atoms with Crippen LogP contribution < -0.4 is 20.1 Å². The fourth-order valence-corrected chi connectivity index (χ4v) is 5.11. The molecule has 10 nitrogen and oxygen atoms in total. The van der Waals surface area contributed by atoms with E-state index in [1.54, 1.807) is 41.3 Å². The number of rotatable bonds is 10. The number of methoxy groups -OCH3 is 1. The Morgan fingerprint density at radius 3 is 2.31 bits per heavy atom. The van der Waals surface area contributed by atoms with Gasteiger partial charge in [0, 0.05) is 11.3 Å². The molecule has 1 heterocycles. The highest BCUT2D eigenvalue weighted by Gasteiger charge is 2.42. The van der Waals surface area contributed by atoms with Crippen molar-refractivity contribution in [2.75, 3.05) is 29.6 Å². The molecule has 11 heteroatoms. The van der Waals surface area contributed by atoms with E-state index in [-0.39, 0.29) is 30.8 Å². The first-order valence-electron chi connectivity index (χ1n) is 12.2. The molecule has 0 saturated carbocycles. The lowest BCUT2D eigenvalue weighted by molar-refractivity contribution is -0.143. The van der Waals surface area contributed by atoms with Crippen LogP contribution in [0.4, 0.5) is 11.4 Å². The number of hydrogen-bond acceptors (Lipinski definition) is 7. The third-order valence-corrected chi connectivity index (χ3v) is 7.01. The van der Waals surface area contributed by atoms with E-state index < -0.39 is 21.9 Å². The Labute approximate surface area is 227 Å². The van der Waals surface area contributed by atoms with Crippen LogP contribution in [0.25, 0.3) is 11.1 Å². The molecule has 3 aromatic rings. The smallest absolute Gasteiger partial charge is 0.306 e. The minimum absolute atomic E-state index is 0.0111. The van der Waals surface area contributed by atoms with Gasteiger partial charge in [0.15, 0.2) is 0 Å². The molecule has 2 atom stereocenters. The Morgan fingerprint density at radius 1 is 1.08 bits per heavy atom. The summed E-state index contributed by atoms with van der Waals surface area (Å²) in [7, 11) is -2.23. The fraction of sp³-hybridized carbons (Fsp3) is 0.250. The van der Waals surface area contributed by atoms with Gasteiger partial charge in [-0.1, -0.05) is 42.5 Å². The average Bonchev–Trinajstić information content (AvgIpc) is 3.21. The Morgan fingerprint density at radius 2 is 1.72 bits per heavy atom. The molecule has 1 amide bonds. The molecule has 1 aliphatic rings. The normalized spacial score (nSPS) is 17.1. The SMILES string of the molecule is COC(=O)C[C@@H]1C[C@@H](COc2ccc(-c3ccc(C(=N)N)cc3)cc2)N(c2cccc(NS(C)(=O)=O)c2)C1=O. The van der Waals surface area contributed by atoms with Crippen molar-refractivity contribution in [1.82, 2.24) is 0 Å². The topological polar surface area (TPSA) is 152 Å². The van der Waals surface area contributed by atoms with E-state index in [0.29, 0.717) is 29.1 Å². The molecular weight excluding hydrogens is 520 g/mol. The monoisotopic (exact) mass is 550 g/mol. The minimum Gasteiger partial charge on any atom is -0.491 e. The van der Waals surface area contributed by atoms with Crippen molar-refractivity contribution in [3.8, 4) is 16.9 Å². The van der Waals surface area contributed by atoms with E-state index >= 15 is 0 Å². The summed E-state index contributed by atoms with van der Waals surface area (Å²) in [6, 6.07) is 21.0. The lowest BCUT2D eigenvalue weighted by Gasteiger charge is -2.25. The van der Waals surface area contributed by atoms with Crippen molar-refractivity contribution in [2.45, 2.75) is 18.9 Å². The van der Waals surface area contributed by atoms with Gasteiger partial charge in [-0.05, 0) is 47.9 Å². The third-order valence-electron chi connectivity index (χ3n) is 6.40. The molecule has 0 unspecified atom stereocenters. The Bertz CT molecular complexity index is 1470. The summed E-state index contributed by atoms with van der Waals surface area (Å²) in [5, 5.41) is 7.52. The Balaban J connectivity index is 1.51. The summed E-state index contributed by atoms with van der Waals surface area (Å²) in [5.41, 5.74) is 8.93. The van der Waals surface area contributed by atoms with Crippen molar-refractivity contribution in [1.29, 1.82) is 5.41 Å². The van der Waals surface area contributed by atoms with E-state index in [4.69, 9.17) is 20.6 Å². The molecule has 39 heavy (non-hydrogen) atoms. The van der Waals surface area contributed by atoms with E-state index in [1.807, 2.05) is 36.4 Å². The highest BCUT2D eigenvalue weighted by atomic mass is 32.2. The number of sulfonamides is 1. The van der Waals surface area contributed by atoms with Gasteiger partial charge in [0.25, 0.3) is 0 Å². The van der Waals surface area contributed by atoms with E-state index in [1.165, 1.54) is 7.11 Å². The van der Waals surface area contributed by atoms with Crippen molar-refractivity contribution in [3.05, 3.63) is 78.4 Å². The van der Waals surface area contributed by atoms with Crippen LogP contribution in [-0.2, 0) is 24.3 Å². The van der Waals surface area contributed by atoms with Crippen molar-refractivity contribution >= 4 is 39.1 Å². The van der Waals surface area contributed by atoms with Gasteiger partial charge in [-0.2, -0.15) is 0 Å². The zero-order valence-corrected chi connectivity index (χ0v) is 22.4. The first-order valence-corrected chi connectivity index (χ1v) is 14.1. The number of amidine groups is 1. The maximum Gasteiger partial charge on any atom is 0.306 e. The number of amides is 1. The second-order valence-electron chi connectivity index (χ2n) is 9.33. The van der Waals surface area contributed by atoms with Gasteiger partial charge in [-0.3, -0.25) is 19.7 Å².